The Kier molecular flexibility index (Phi) is 4.83. The minimum absolute atomic E-state index is 0.0293. The molecular formula is C21H25N3O4. The van der Waals surface area contributed by atoms with Gasteiger partial charge in [0.25, 0.3) is 11.5 Å². The third kappa shape index (κ3) is 3.25. The SMILES string of the molecule is Cc1ccc(N2CCCC3(CCCN3C(=O)CCc3cc(=O)[nH]o3)C2=O)cc1. The number of benzene rings is 1. The van der Waals surface area contributed by atoms with Gasteiger partial charge in [0.05, 0.1) is 0 Å². The Morgan fingerprint density at radius 3 is 2.54 bits per heavy atom. The normalized spacial score (nSPS) is 22.2. The van der Waals surface area contributed by atoms with E-state index >= 15 is 0 Å². The van der Waals surface area contributed by atoms with Crippen LogP contribution >= 0.6 is 0 Å². The number of hydrogen-bond donors (Lipinski definition) is 1. The van der Waals surface area contributed by atoms with Gasteiger partial charge in [0.15, 0.2) is 0 Å². The number of amides is 2. The maximum Gasteiger partial charge on any atom is 0.280 e. The second kappa shape index (κ2) is 7.30. The molecule has 0 aliphatic carbocycles. The van der Waals surface area contributed by atoms with Crippen molar-refractivity contribution in [3.8, 4) is 0 Å². The summed E-state index contributed by atoms with van der Waals surface area (Å²) in [6, 6.07) is 9.32. The summed E-state index contributed by atoms with van der Waals surface area (Å²) in [7, 11) is 0. The molecule has 4 rings (SSSR count). The van der Waals surface area contributed by atoms with Crippen molar-refractivity contribution in [2.24, 2.45) is 0 Å². The van der Waals surface area contributed by atoms with E-state index in [4.69, 9.17) is 4.52 Å². The fourth-order valence-electron chi connectivity index (χ4n) is 4.49. The second-order valence-corrected chi connectivity index (χ2v) is 7.76. The molecule has 28 heavy (non-hydrogen) atoms. The number of nitrogens with zero attached hydrogens (tertiary/aromatic N) is 2. The summed E-state index contributed by atoms with van der Waals surface area (Å²) in [4.78, 5) is 41.2. The molecule has 2 amide bonds. The summed E-state index contributed by atoms with van der Waals surface area (Å²) < 4.78 is 5.04. The van der Waals surface area contributed by atoms with Crippen molar-refractivity contribution in [3.63, 3.8) is 0 Å². The van der Waals surface area contributed by atoms with E-state index < -0.39 is 5.54 Å². The summed E-state index contributed by atoms with van der Waals surface area (Å²) in [5, 5.41) is 2.24. The van der Waals surface area contributed by atoms with Gasteiger partial charge in [-0.3, -0.25) is 14.4 Å². The second-order valence-electron chi connectivity index (χ2n) is 7.76. The minimum Gasteiger partial charge on any atom is -0.384 e. The summed E-state index contributed by atoms with van der Waals surface area (Å²) in [5.74, 6) is 0.435. The van der Waals surface area contributed by atoms with Gasteiger partial charge in [-0.2, -0.15) is 5.16 Å². The van der Waals surface area contributed by atoms with Crippen molar-refractivity contribution >= 4 is 17.5 Å². The number of likely N-dealkylation sites (tertiary alicyclic amines) is 1. The van der Waals surface area contributed by atoms with Crippen LogP contribution in [0.2, 0.25) is 0 Å². The molecule has 2 aromatic rings. The van der Waals surface area contributed by atoms with Crippen LogP contribution in [0.25, 0.3) is 0 Å². The number of piperidine rings is 1. The third-order valence-corrected chi connectivity index (χ3v) is 5.91. The van der Waals surface area contributed by atoms with E-state index in [0.717, 1.165) is 24.1 Å². The Balaban J connectivity index is 1.52. The molecule has 1 aromatic carbocycles. The number of aromatic nitrogens is 1. The lowest BCUT2D eigenvalue weighted by atomic mass is 9.84. The maximum absolute atomic E-state index is 13.5. The van der Waals surface area contributed by atoms with Crippen molar-refractivity contribution in [3.05, 3.63) is 52.0 Å². The maximum atomic E-state index is 13.5. The van der Waals surface area contributed by atoms with Crippen LogP contribution in [-0.4, -0.2) is 40.5 Å². The van der Waals surface area contributed by atoms with Gasteiger partial charge in [-0.1, -0.05) is 17.7 Å². The predicted octanol–water partition coefficient (Wildman–Crippen LogP) is 2.40. The first-order valence-electron chi connectivity index (χ1n) is 9.86. The van der Waals surface area contributed by atoms with Crippen LogP contribution in [0.1, 0.15) is 43.4 Å². The molecule has 7 nitrogen and oxygen atoms in total. The lowest BCUT2D eigenvalue weighted by Gasteiger charge is -2.44. The van der Waals surface area contributed by atoms with Gasteiger partial charge in [-0.25, -0.2) is 0 Å². The van der Waals surface area contributed by atoms with Gasteiger partial charge >= 0.3 is 0 Å². The van der Waals surface area contributed by atoms with Crippen LogP contribution in [0.3, 0.4) is 0 Å². The topological polar surface area (TPSA) is 86.6 Å². The standard InChI is InChI=1S/C21H25N3O4/c1-15-4-6-16(7-5-15)23-12-2-10-21(20(23)27)11-3-13-24(21)19(26)9-8-17-14-18(25)22-28-17/h4-7,14H,2-3,8-13H2,1H3,(H,22,25). The zero-order valence-corrected chi connectivity index (χ0v) is 16.1. The molecule has 148 valence electrons. The molecule has 1 unspecified atom stereocenters. The molecule has 2 fully saturated rings. The van der Waals surface area contributed by atoms with E-state index in [1.807, 2.05) is 36.1 Å². The van der Waals surface area contributed by atoms with Gasteiger partial charge in [-0.05, 0) is 44.7 Å². The summed E-state index contributed by atoms with van der Waals surface area (Å²) in [6.45, 7) is 3.30. The minimum atomic E-state index is -0.737. The Labute approximate surface area is 163 Å². The molecule has 1 spiro atoms. The molecule has 7 heteroatoms. The Morgan fingerprint density at radius 2 is 1.86 bits per heavy atom. The van der Waals surface area contributed by atoms with Crippen LogP contribution < -0.4 is 10.5 Å². The largest absolute Gasteiger partial charge is 0.384 e. The molecular weight excluding hydrogens is 358 g/mol. The number of aryl methyl sites for hydroxylation is 2. The Hall–Kier alpha value is -2.83. The van der Waals surface area contributed by atoms with Gasteiger partial charge in [0, 0.05) is 37.7 Å². The van der Waals surface area contributed by atoms with Crippen LogP contribution in [0.15, 0.2) is 39.6 Å². The average molecular weight is 383 g/mol. The molecule has 0 saturated carbocycles. The molecule has 1 N–H and O–H groups in total. The van der Waals surface area contributed by atoms with Crippen molar-refractivity contribution in [2.45, 2.75) is 51.0 Å². The lowest BCUT2D eigenvalue weighted by molar-refractivity contribution is -0.145. The van der Waals surface area contributed by atoms with E-state index in [1.165, 1.54) is 6.07 Å². The fraction of sp³-hybridized carbons (Fsp3) is 0.476. The van der Waals surface area contributed by atoms with Crippen molar-refractivity contribution in [1.29, 1.82) is 0 Å². The van der Waals surface area contributed by atoms with Crippen LogP contribution in [0.4, 0.5) is 5.69 Å². The van der Waals surface area contributed by atoms with Gasteiger partial charge in [0.1, 0.15) is 11.3 Å². The van der Waals surface area contributed by atoms with E-state index in [-0.39, 0.29) is 23.8 Å². The number of aromatic amines is 1. The molecule has 2 saturated heterocycles. The lowest BCUT2D eigenvalue weighted by Crippen LogP contribution is -2.61. The highest BCUT2D eigenvalue weighted by molar-refractivity contribution is 6.03. The molecule has 3 heterocycles. The first kappa shape index (κ1) is 18.5. The molecule has 0 radical (unpaired) electrons. The first-order valence-corrected chi connectivity index (χ1v) is 9.86. The number of nitrogens with one attached hydrogen (secondary N) is 1. The summed E-state index contributed by atoms with van der Waals surface area (Å²) in [5.41, 5.74) is 0.996. The van der Waals surface area contributed by atoms with E-state index in [9.17, 15) is 14.4 Å². The highest BCUT2D eigenvalue weighted by atomic mass is 16.5. The Bertz CT molecular complexity index is 930. The number of hydrogen-bond acceptors (Lipinski definition) is 4. The number of carbonyl (C=O) groups is 2. The number of anilines is 1. The number of H-pyrrole nitrogens is 1. The van der Waals surface area contributed by atoms with E-state index in [1.54, 1.807) is 4.90 Å². The summed E-state index contributed by atoms with van der Waals surface area (Å²) in [6.07, 6.45) is 3.69. The Morgan fingerprint density at radius 1 is 1.14 bits per heavy atom. The smallest absolute Gasteiger partial charge is 0.280 e. The molecule has 2 aliphatic heterocycles. The number of carbonyl (C=O) groups excluding carboxylic acids is 2. The average Bonchev–Trinajstić information content (AvgIpc) is 3.30. The van der Waals surface area contributed by atoms with Gasteiger partial charge in [-0.15, -0.1) is 0 Å². The van der Waals surface area contributed by atoms with Crippen LogP contribution in [-0.2, 0) is 16.0 Å². The zero-order valence-electron chi connectivity index (χ0n) is 16.1. The van der Waals surface area contributed by atoms with E-state index in [2.05, 4.69) is 5.16 Å². The van der Waals surface area contributed by atoms with Crippen molar-refractivity contribution in [2.75, 3.05) is 18.0 Å². The zero-order chi connectivity index (χ0) is 19.7. The first-order chi connectivity index (χ1) is 13.5. The molecule has 0 bridgehead atoms. The monoisotopic (exact) mass is 383 g/mol. The third-order valence-electron chi connectivity index (χ3n) is 5.91. The summed E-state index contributed by atoms with van der Waals surface area (Å²) >= 11 is 0. The van der Waals surface area contributed by atoms with Crippen LogP contribution in [0.5, 0.6) is 0 Å². The predicted molar refractivity (Wildman–Crippen MR) is 104 cm³/mol. The van der Waals surface area contributed by atoms with Crippen LogP contribution in [0, 0.1) is 6.92 Å². The van der Waals surface area contributed by atoms with Gasteiger partial charge < -0.3 is 14.3 Å². The molecule has 1 aromatic heterocycles. The van der Waals surface area contributed by atoms with E-state index in [0.29, 0.717) is 38.1 Å². The highest BCUT2D eigenvalue weighted by Crippen LogP contribution is 2.40. The quantitative estimate of drug-likeness (QED) is 0.878. The van der Waals surface area contributed by atoms with Crippen molar-refractivity contribution in [1.82, 2.24) is 10.1 Å². The highest BCUT2D eigenvalue weighted by Gasteiger charge is 2.52. The van der Waals surface area contributed by atoms with Crippen molar-refractivity contribution < 1.29 is 14.1 Å². The van der Waals surface area contributed by atoms with Gasteiger partial charge in [0.2, 0.25) is 5.91 Å². The molecule has 2 aliphatic rings. The number of rotatable bonds is 4. The fourth-order valence-corrected chi connectivity index (χ4v) is 4.49. The molecule has 1 atom stereocenters.